The van der Waals surface area contributed by atoms with Gasteiger partial charge in [-0.05, 0) is 24.5 Å². The Morgan fingerprint density at radius 2 is 2.35 bits per heavy atom. The Balaban J connectivity index is 2.05. The van der Waals surface area contributed by atoms with Gasteiger partial charge in [-0.2, -0.15) is 0 Å². The maximum absolute atomic E-state index is 12.2. The van der Waals surface area contributed by atoms with Crippen molar-refractivity contribution in [2.45, 2.75) is 32.7 Å². The van der Waals surface area contributed by atoms with Gasteiger partial charge in [-0.3, -0.25) is 4.79 Å². The average Bonchev–Trinajstić information content (AvgIpc) is 2.80. The van der Waals surface area contributed by atoms with E-state index in [1.165, 1.54) is 0 Å². The van der Waals surface area contributed by atoms with Crippen molar-refractivity contribution in [2.24, 2.45) is 11.7 Å². The van der Waals surface area contributed by atoms with Gasteiger partial charge in [0.2, 0.25) is 0 Å². The highest BCUT2D eigenvalue weighted by Crippen LogP contribution is 2.18. The summed E-state index contributed by atoms with van der Waals surface area (Å²) in [4.78, 5) is 14.0. The fourth-order valence-corrected chi connectivity index (χ4v) is 2.19. The molecule has 1 amide bonds. The van der Waals surface area contributed by atoms with Crippen molar-refractivity contribution in [3.63, 3.8) is 0 Å². The predicted molar refractivity (Wildman–Crippen MR) is 65.7 cm³/mol. The smallest absolute Gasteiger partial charge is 0.289 e. The molecule has 0 aliphatic carbocycles. The highest BCUT2D eigenvalue weighted by Gasteiger charge is 2.28. The lowest BCUT2D eigenvalue weighted by Gasteiger charge is -2.34. The van der Waals surface area contributed by atoms with Crippen LogP contribution in [0.2, 0.25) is 0 Å². The van der Waals surface area contributed by atoms with Gasteiger partial charge in [0.1, 0.15) is 5.76 Å². The van der Waals surface area contributed by atoms with E-state index in [1.807, 2.05) is 17.9 Å². The van der Waals surface area contributed by atoms with Crippen molar-refractivity contribution in [3.8, 4) is 0 Å². The molecule has 2 heterocycles. The summed E-state index contributed by atoms with van der Waals surface area (Å²) < 4.78 is 5.49. The monoisotopic (exact) mass is 236 g/mol. The van der Waals surface area contributed by atoms with Crippen molar-refractivity contribution in [3.05, 3.63) is 23.7 Å². The predicted octanol–water partition coefficient (Wildman–Crippen LogP) is 1.65. The molecule has 2 rings (SSSR count). The maximum Gasteiger partial charge on any atom is 0.289 e. The van der Waals surface area contributed by atoms with Crippen LogP contribution in [0, 0.1) is 5.92 Å². The van der Waals surface area contributed by atoms with Crippen molar-refractivity contribution in [2.75, 3.05) is 13.1 Å². The van der Waals surface area contributed by atoms with Crippen molar-refractivity contribution < 1.29 is 9.21 Å². The third-order valence-corrected chi connectivity index (χ3v) is 3.48. The van der Waals surface area contributed by atoms with E-state index in [2.05, 4.69) is 6.92 Å². The number of hydrogen-bond acceptors (Lipinski definition) is 3. The molecular formula is C13H20N2O2. The maximum atomic E-state index is 12.2. The number of nitrogens with zero attached hydrogens (tertiary/aromatic N) is 1. The molecule has 0 bridgehead atoms. The summed E-state index contributed by atoms with van der Waals surface area (Å²) in [5.74, 6) is 1.65. The number of carbonyl (C=O) groups excluding carboxylic acids is 1. The molecule has 0 aromatic carbocycles. The summed E-state index contributed by atoms with van der Waals surface area (Å²) in [5, 5.41) is 0. The molecule has 2 unspecified atom stereocenters. The fraction of sp³-hybridized carbons (Fsp3) is 0.615. The third kappa shape index (κ3) is 2.52. The Bertz CT molecular complexity index is 400. The summed E-state index contributed by atoms with van der Waals surface area (Å²) in [6, 6.07) is 3.84. The summed E-state index contributed by atoms with van der Waals surface area (Å²) in [7, 11) is 0. The molecule has 2 atom stereocenters. The van der Waals surface area contributed by atoms with Crippen LogP contribution in [0.1, 0.15) is 36.6 Å². The molecule has 4 heteroatoms. The highest BCUT2D eigenvalue weighted by molar-refractivity contribution is 5.91. The summed E-state index contributed by atoms with van der Waals surface area (Å²) >= 11 is 0. The van der Waals surface area contributed by atoms with Crippen LogP contribution < -0.4 is 5.73 Å². The van der Waals surface area contributed by atoms with Crippen LogP contribution in [0.25, 0.3) is 0 Å². The molecule has 17 heavy (non-hydrogen) atoms. The van der Waals surface area contributed by atoms with E-state index in [9.17, 15) is 4.79 Å². The minimum absolute atomic E-state index is 0.0107. The molecule has 1 aliphatic heterocycles. The molecule has 94 valence electrons. The van der Waals surface area contributed by atoms with E-state index in [0.29, 0.717) is 11.7 Å². The standard InChI is InChI=1S/C13H20N2O2/c1-3-10-4-5-12(17-10)13(16)15-7-6-11(14)9(2)8-15/h4-5,9,11H,3,6-8,14H2,1-2H3. The van der Waals surface area contributed by atoms with Gasteiger partial charge in [-0.1, -0.05) is 13.8 Å². The topological polar surface area (TPSA) is 59.5 Å². The average molecular weight is 236 g/mol. The first-order valence-corrected chi connectivity index (χ1v) is 6.25. The SMILES string of the molecule is CCc1ccc(C(=O)N2CCC(N)C(C)C2)o1. The molecule has 1 aliphatic rings. The Morgan fingerprint density at radius 3 is 2.94 bits per heavy atom. The van der Waals surface area contributed by atoms with E-state index in [0.717, 1.165) is 31.7 Å². The minimum Gasteiger partial charge on any atom is -0.456 e. The lowest BCUT2D eigenvalue weighted by Crippen LogP contribution is -2.48. The van der Waals surface area contributed by atoms with Gasteiger partial charge in [0.15, 0.2) is 5.76 Å². The molecule has 1 fully saturated rings. The Morgan fingerprint density at radius 1 is 1.59 bits per heavy atom. The Kier molecular flexibility index (Phi) is 3.52. The van der Waals surface area contributed by atoms with E-state index in [-0.39, 0.29) is 11.9 Å². The third-order valence-electron chi connectivity index (χ3n) is 3.48. The highest BCUT2D eigenvalue weighted by atomic mass is 16.4. The normalized spacial score (nSPS) is 25.0. The molecule has 4 nitrogen and oxygen atoms in total. The quantitative estimate of drug-likeness (QED) is 0.849. The molecule has 0 saturated carbocycles. The molecule has 2 N–H and O–H groups in total. The van der Waals surface area contributed by atoms with E-state index in [4.69, 9.17) is 10.2 Å². The number of furan rings is 1. The van der Waals surface area contributed by atoms with Crippen LogP contribution >= 0.6 is 0 Å². The lowest BCUT2D eigenvalue weighted by molar-refractivity contribution is 0.0630. The number of carbonyl (C=O) groups is 1. The molecule has 1 saturated heterocycles. The van der Waals surface area contributed by atoms with Crippen molar-refractivity contribution in [1.29, 1.82) is 0 Å². The summed E-state index contributed by atoms with van der Waals surface area (Å²) in [6.07, 6.45) is 1.68. The van der Waals surface area contributed by atoms with Crippen LogP contribution in [-0.4, -0.2) is 29.9 Å². The second kappa shape index (κ2) is 4.92. The Labute approximate surface area is 102 Å². The Hall–Kier alpha value is -1.29. The molecule has 0 radical (unpaired) electrons. The minimum atomic E-state index is -0.0107. The van der Waals surface area contributed by atoms with Gasteiger partial charge in [0.25, 0.3) is 5.91 Å². The number of likely N-dealkylation sites (tertiary alicyclic amines) is 1. The number of aryl methyl sites for hydroxylation is 1. The zero-order valence-corrected chi connectivity index (χ0v) is 10.5. The van der Waals surface area contributed by atoms with Gasteiger partial charge in [0.05, 0.1) is 0 Å². The van der Waals surface area contributed by atoms with E-state index < -0.39 is 0 Å². The second-order valence-corrected chi connectivity index (χ2v) is 4.80. The van der Waals surface area contributed by atoms with E-state index in [1.54, 1.807) is 6.07 Å². The number of nitrogens with two attached hydrogens (primary N) is 1. The molecule has 1 aromatic rings. The van der Waals surface area contributed by atoms with Gasteiger partial charge >= 0.3 is 0 Å². The van der Waals surface area contributed by atoms with Crippen LogP contribution in [-0.2, 0) is 6.42 Å². The molecular weight excluding hydrogens is 216 g/mol. The molecule has 0 spiro atoms. The largest absolute Gasteiger partial charge is 0.456 e. The number of piperidine rings is 1. The number of hydrogen-bond donors (Lipinski definition) is 1. The fourth-order valence-electron chi connectivity index (χ4n) is 2.19. The first-order chi connectivity index (χ1) is 8.11. The number of rotatable bonds is 2. The van der Waals surface area contributed by atoms with Gasteiger partial charge in [-0.25, -0.2) is 0 Å². The second-order valence-electron chi connectivity index (χ2n) is 4.80. The van der Waals surface area contributed by atoms with E-state index >= 15 is 0 Å². The summed E-state index contributed by atoms with van der Waals surface area (Å²) in [5.41, 5.74) is 5.94. The van der Waals surface area contributed by atoms with Crippen LogP contribution in [0.5, 0.6) is 0 Å². The van der Waals surface area contributed by atoms with Gasteiger partial charge in [-0.15, -0.1) is 0 Å². The van der Waals surface area contributed by atoms with Crippen LogP contribution in [0.15, 0.2) is 16.5 Å². The van der Waals surface area contributed by atoms with Crippen LogP contribution in [0.3, 0.4) is 0 Å². The number of amides is 1. The van der Waals surface area contributed by atoms with Crippen LogP contribution in [0.4, 0.5) is 0 Å². The van der Waals surface area contributed by atoms with Crippen molar-refractivity contribution in [1.82, 2.24) is 4.90 Å². The molecule has 1 aromatic heterocycles. The first-order valence-electron chi connectivity index (χ1n) is 6.25. The lowest BCUT2D eigenvalue weighted by atomic mass is 9.95. The van der Waals surface area contributed by atoms with Gasteiger partial charge < -0.3 is 15.1 Å². The zero-order chi connectivity index (χ0) is 12.4. The van der Waals surface area contributed by atoms with Gasteiger partial charge in [0, 0.05) is 25.6 Å². The summed E-state index contributed by atoms with van der Waals surface area (Å²) in [6.45, 7) is 5.55. The first kappa shape index (κ1) is 12.2. The zero-order valence-electron chi connectivity index (χ0n) is 10.5. The van der Waals surface area contributed by atoms with Crippen molar-refractivity contribution >= 4 is 5.91 Å².